The quantitative estimate of drug-likeness (QED) is 0.623. The summed E-state index contributed by atoms with van der Waals surface area (Å²) in [6.45, 7) is 1.73. The van der Waals surface area contributed by atoms with Gasteiger partial charge in [0.25, 0.3) is 5.91 Å². The summed E-state index contributed by atoms with van der Waals surface area (Å²) >= 11 is 0. The first-order valence-corrected chi connectivity index (χ1v) is 11.2. The zero-order chi connectivity index (χ0) is 21.1. The number of carbonyl (C=O) groups excluding carboxylic acids is 1. The molecule has 1 aromatic heterocycles. The van der Waals surface area contributed by atoms with Crippen molar-refractivity contribution in [1.82, 2.24) is 4.90 Å². The number of benzene rings is 2. The molecule has 1 amide bonds. The third kappa shape index (κ3) is 4.09. The Morgan fingerprint density at radius 3 is 2.30 bits per heavy atom. The fourth-order valence-corrected chi connectivity index (χ4v) is 4.93. The largest absolute Gasteiger partial charge is 0.459 e. The number of furan rings is 1. The normalized spacial score (nSPS) is 14.7. The van der Waals surface area contributed by atoms with Crippen molar-refractivity contribution in [1.29, 1.82) is 0 Å². The molecule has 8 heteroatoms. The van der Waals surface area contributed by atoms with Crippen molar-refractivity contribution in [3.05, 3.63) is 84.1 Å². The van der Waals surface area contributed by atoms with E-state index in [2.05, 4.69) is 0 Å². The van der Waals surface area contributed by atoms with E-state index in [-0.39, 0.29) is 28.1 Å². The molecule has 1 saturated heterocycles. The van der Waals surface area contributed by atoms with E-state index in [4.69, 9.17) is 4.42 Å². The summed E-state index contributed by atoms with van der Waals surface area (Å²) in [6.07, 6.45) is 1.33. The zero-order valence-electron chi connectivity index (χ0n) is 16.2. The number of anilines is 1. The van der Waals surface area contributed by atoms with Crippen molar-refractivity contribution in [2.75, 3.05) is 31.1 Å². The van der Waals surface area contributed by atoms with Crippen molar-refractivity contribution >= 4 is 21.4 Å². The lowest BCUT2D eigenvalue weighted by Crippen LogP contribution is -2.49. The Kier molecular flexibility index (Phi) is 5.59. The molecule has 4 rings (SSSR count). The van der Waals surface area contributed by atoms with Gasteiger partial charge in [-0.05, 0) is 30.3 Å². The van der Waals surface area contributed by atoms with Gasteiger partial charge in [-0.3, -0.25) is 4.79 Å². The van der Waals surface area contributed by atoms with Crippen LogP contribution in [-0.2, 0) is 15.6 Å². The Bertz CT molecular complexity index is 1140. The highest BCUT2D eigenvalue weighted by atomic mass is 32.2. The molecule has 0 atom stereocenters. The number of para-hydroxylation sites is 1. The van der Waals surface area contributed by atoms with E-state index in [0.717, 1.165) is 0 Å². The number of nitrogens with zero attached hydrogens (tertiary/aromatic N) is 2. The minimum absolute atomic E-state index is 0.0360. The van der Waals surface area contributed by atoms with Crippen molar-refractivity contribution in [2.45, 2.75) is 10.6 Å². The fourth-order valence-electron chi connectivity index (χ4n) is 3.56. The topological polar surface area (TPSA) is 70.8 Å². The van der Waals surface area contributed by atoms with Gasteiger partial charge in [-0.2, -0.15) is 0 Å². The van der Waals surface area contributed by atoms with E-state index in [1.165, 1.54) is 30.5 Å². The summed E-state index contributed by atoms with van der Waals surface area (Å²) < 4.78 is 44.7. The van der Waals surface area contributed by atoms with Gasteiger partial charge in [0.2, 0.25) is 0 Å². The number of hydrogen-bond acceptors (Lipinski definition) is 5. The van der Waals surface area contributed by atoms with Gasteiger partial charge in [0, 0.05) is 31.7 Å². The number of piperazine rings is 1. The molecule has 0 bridgehead atoms. The molecule has 0 aliphatic carbocycles. The van der Waals surface area contributed by atoms with Gasteiger partial charge >= 0.3 is 0 Å². The first-order chi connectivity index (χ1) is 14.5. The Morgan fingerprint density at radius 1 is 0.933 bits per heavy atom. The first-order valence-electron chi connectivity index (χ1n) is 9.58. The number of rotatable bonds is 5. The maximum atomic E-state index is 14.0. The molecule has 0 saturated carbocycles. The van der Waals surface area contributed by atoms with Gasteiger partial charge in [0.15, 0.2) is 15.6 Å². The van der Waals surface area contributed by atoms with Gasteiger partial charge in [-0.15, -0.1) is 0 Å². The van der Waals surface area contributed by atoms with Gasteiger partial charge in [-0.25, -0.2) is 12.8 Å². The van der Waals surface area contributed by atoms with Crippen LogP contribution in [0.5, 0.6) is 0 Å². The molecule has 1 aliphatic rings. The molecule has 6 nitrogen and oxygen atoms in total. The van der Waals surface area contributed by atoms with E-state index in [9.17, 15) is 17.6 Å². The van der Waals surface area contributed by atoms with Crippen LogP contribution >= 0.6 is 0 Å². The van der Waals surface area contributed by atoms with E-state index in [1.54, 1.807) is 41.3 Å². The van der Waals surface area contributed by atoms with Gasteiger partial charge < -0.3 is 14.2 Å². The van der Waals surface area contributed by atoms with Gasteiger partial charge in [0.05, 0.1) is 22.6 Å². The van der Waals surface area contributed by atoms with Crippen molar-refractivity contribution in [2.24, 2.45) is 0 Å². The monoisotopic (exact) mass is 428 g/mol. The molecule has 0 unspecified atom stereocenters. The Morgan fingerprint density at radius 2 is 1.60 bits per heavy atom. The van der Waals surface area contributed by atoms with Crippen LogP contribution in [0.25, 0.3) is 0 Å². The van der Waals surface area contributed by atoms with Gasteiger partial charge in [-0.1, -0.05) is 30.3 Å². The lowest BCUT2D eigenvalue weighted by molar-refractivity contribution is 0.0713. The zero-order valence-corrected chi connectivity index (χ0v) is 17.0. The van der Waals surface area contributed by atoms with E-state index in [1.807, 2.05) is 4.90 Å². The molecule has 1 aliphatic heterocycles. The second-order valence-corrected chi connectivity index (χ2v) is 9.07. The second kappa shape index (κ2) is 8.31. The highest BCUT2D eigenvalue weighted by Gasteiger charge is 2.28. The van der Waals surface area contributed by atoms with Crippen LogP contribution < -0.4 is 4.90 Å². The first kappa shape index (κ1) is 20.2. The smallest absolute Gasteiger partial charge is 0.289 e. The maximum Gasteiger partial charge on any atom is 0.289 e. The average Bonchev–Trinajstić information content (AvgIpc) is 3.22. The Hall–Kier alpha value is -3.13. The molecule has 2 aromatic carbocycles. The van der Waals surface area contributed by atoms with Crippen molar-refractivity contribution < 1.29 is 22.0 Å². The fraction of sp³-hybridized carbons (Fsp3) is 0.227. The maximum absolute atomic E-state index is 14.0. The molecular formula is C22H21FN2O4S. The molecule has 0 spiro atoms. The molecule has 156 valence electrons. The number of sulfone groups is 1. The third-order valence-electron chi connectivity index (χ3n) is 5.15. The van der Waals surface area contributed by atoms with Crippen molar-refractivity contribution in [3.8, 4) is 0 Å². The summed E-state index contributed by atoms with van der Waals surface area (Å²) in [4.78, 5) is 16.7. The highest BCUT2D eigenvalue weighted by molar-refractivity contribution is 7.90. The molecular weight excluding hydrogens is 407 g/mol. The Labute approximate surface area is 174 Å². The predicted molar refractivity (Wildman–Crippen MR) is 111 cm³/mol. The minimum atomic E-state index is -3.60. The highest BCUT2D eigenvalue weighted by Crippen LogP contribution is 2.23. The molecule has 0 N–H and O–H groups in total. The predicted octanol–water partition coefficient (Wildman–Crippen LogP) is 3.36. The van der Waals surface area contributed by atoms with Crippen LogP contribution in [0.2, 0.25) is 0 Å². The average molecular weight is 428 g/mol. The van der Waals surface area contributed by atoms with Gasteiger partial charge in [0.1, 0.15) is 5.82 Å². The molecule has 1 fully saturated rings. The van der Waals surface area contributed by atoms with Crippen LogP contribution in [0.1, 0.15) is 16.1 Å². The number of carbonyl (C=O) groups is 1. The summed E-state index contributed by atoms with van der Waals surface area (Å²) in [6, 6.07) is 16.2. The standard InChI is InChI=1S/C22H21FN2O4S/c23-19-8-4-5-9-20(19)24-11-13-25(14-12-24)22(26)21-17(10-15-29-21)16-30(27,28)18-6-2-1-3-7-18/h1-10,15H,11-14,16H2. The number of amides is 1. The van der Waals surface area contributed by atoms with E-state index in [0.29, 0.717) is 37.4 Å². The van der Waals surface area contributed by atoms with Crippen molar-refractivity contribution in [3.63, 3.8) is 0 Å². The molecule has 2 heterocycles. The number of halogens is 1. The summed E-state index contributed by atoms with van der Waals surface area (Å²) in [7, 11) is -3.60. The lowest BCUT2D eigenvalue weighted by Gasteiger charge is -2.36. The lowest BCUT2D eigenvalue weighted by atomic mass is 10.2. The van der Waals surface area contributed by atoms with E-state index >= 15 is 0 Å². The van der Waals surface area contributed by atoms with Crippen LogP contribution in [0.4, 0.5) is 10.1 Å². The third-order valence-corrected chi connectivity index (χ3v) is 6.83. The molecule has 3 aromatic rings. The summed E-state index contributed by atoms with van der Waals surface area (Å²) in [5.74, 6) is -0.930. The van der Waals surface area contributed by atoms with Crippen LogP contribution in [0, 0.1) is 5.82 Å². The number of hydrogen-bond donors (Lipinski definition) is 0. The van der Waals surface area contributed by atoms with Crippen LogP contribution in [-0.4, -0.2) is 45.4 Å². The van der Waals surface area contributed by atoms with Crippen LogP contribution in [0.3, 0.4) is 0 Å². The minimum Gasteiger partial charge on any atom is -0.459 e. The molecule has 0 radical (unpaired) electrons. The van der Waals surface area contributed by atoms with E-state index < -0.39 is 9.84 Å². The molecule has 30 heavy (non-hydrogen) atoms. The summed E-state index contributed by atoms with van der Waals surface area (Å²) in [5.41, 5.74) is 0.845. The van der Waals surface area contributed by atoms with Crippen LogP contribution in [0.15, 0.2) is 76.2 Å². The Balaban J connectivity index is 1.46. The summed E-state index contributed by atoms with van der Waals surface area (Å²) in [5, 5.41) is 0. The SMILES string of the molecule is O=C(c1occc1CS(=O)(=O)c1ccccc1)N1CCN(c2ccccc2F)CC1. The second-order valence-electron chi connectivity index (χ2n) is 7.08.